The molecule has 3 aromatic carbocycles. The fraction of sp³-hybridized carbons (Fsp3) is 0.0909. The number of halogens is 1. The topological polar surface area (TPSA) is 67.4 Å². The van der Waals surface area contributed by atoms with E-state index in [1.54, 1.807) is 54.6 Å². The van der Waals surface area contributed by atoms with Gasteiger partial charge in [0, 0.05) is 21.8 Å². The maximum absolute atomic E-state index is 12.6. The maximum atomic E-state index is 12.6. The van der Waals surface area contributed by atoms with E-state index in [1.807, 2.05) is 19.1 Å². The van der Waals surface area contributed by atoms with Crippen molar-refractivity contribution >= 4 is 34.8 Å². The summed E-state index contributed by atoms with van der Waals surface area (Å²) >= 11 is 5.94. The van der Waals surface area contributed by atoms with Gasteiger partial charge in [-0.2, -0.15) is 0 Å². The zero-order valence-corrected chi connectivity index (χ0v) is 16.2. The van der Waals surface area contributed by atoms with Crippen LogP contribution in [0, 0.1) is 6.92 Å². The lowest BCUT2D eigenvalue weighted by molar-refractivity contribution is 0.101. The van der Waals surface area contributed by atoms with E-state index >= 15 is 0 Å². The van der Waals surface area contributed by atoms with Crippen LogP contribution in [0.1, 0.15) is 26.3 Å². The normalized spacial score (nSPS) is 10.2. The van der Waals surface area contributed by atoms with E-state index in [9.17, 15) is 9.59 Å². The summed E-state index contributed by atoms with van der Waals surface area (Å²) in [5.74, 6) is -0.0683. The standard InChI is InChI=1S/C22H19ClN2O3/c1-14-6-3-4-9-18(14)22(27)25-19-13-17(10-11-20(19)28-2)24-21(26)15-7-5-8-16(23)12-15/h3-13H,1-2H3,(H,24,26)(H,25,27). The Hall–Kier alpha value is -3.31. The number of ether oxygens (including phenoxy) is 1. The Morgan fingerprint density at radius 2 is 1.68 bits per heavy atom. The molecule has 0 atom stereocenters. The molecule has 0 saturated heterocycles. The van der Waals surface area contributed by atoms with Gasteiger partial charge < -0.3 is 15.4 Å². The summed E-state index contributed by atoms with van der Waals surface area (Å²) in [6.07, 6.45) is 0. The van der Waals surface area contributed by atoms with Crippen LogP contribution in [0.4, 0.5) is 11.4 Å². The van der Waals surface area contributed by atoms with Gasteiger partial charge in [0.1, 0.15) is 5.75 Å². The van der Waals surface area contributed by atoms with Crippen LogP contribution in [0.25, 0.3) is 0 Å². The van der Waals surface area contributed by atoms with Crippen molar-refractivity contribution in [2.75, 3.05) is 17.7 Å². The number of nitrogens with one attached hydrogen (secondary N) is 2. The van der Waals surface area contributed by atoms with Gasteiger partial charge in [0.25, 0.3) is 11.8 Å². The molecule has 0 heterocycles. The van der Waals surface area contributed by atoms with Crippen LogP contribution in [0.2, 0.25) is 5.02 Å². The highest BCUT2D eigenvalue weighted by Gasteiger charge is 2.14. The molecule has 0 aromatic heterocycles. The Morgan fingerprint density at radius 1 is 0.893 bits per heavy atom. The van der Waals surface area contributed by atoms with Crippen LogP contribution in [0.5, 0.6) is 5.75 Å². The van der Waals surface area contributed by atoms with Crippen molar-refractivity contribution in [2.45, 2.75) is 6.92 Å². The zero-order chi connectivity index (χ0) is 20.1. The van der Waals surface area contributed by atoms with Crippen LogP contribution < -0.4 is 15.4 Å². The lowest BCUT2D eigenvalue weighted by Crippen LogP contribution is -2.15. The van der Waals surface area contributed by atoms with E-state index in [2.05, 4.69) is 10.6 Å². The fourth-order valence-corrected chi connectivity index (χ4v) is 2.92. The summed E-state index contributed by atoms with van der Waals surface area (Å²) in [5.41, 5.74) is 2.85. The van der Waals surface area contributed by atoms with Crippen LogP contribution in [-0.2, 0) is 0 Å². The van der Waals surface area contributed by atoms with Gasteiger partial charge in [-0.25, -0.2) is 0 Å². The van der Waals surface area contributed by atoms with Crippen molar-refractivity contribution in [3.63, 3.8) is 0 Å². The van der Waals surface area contributed by atoms with E-state index in [1.165, 1.54) is 7.11 Å². The Bertz CT molecular complexity index is 1030. The van der Waals surface area contributed by atoms with Gasteiger partial charge >= 0.3 is 0 Å². The van der Waals surface area contributed by atoms with E-state index in [4.69, 9.17) is 16.3 Å². The van der Waals surface area contributed by atoms with Gasteiger partial charge in [-0.1, -0.05) is 35.9 Å². The Morgan fingerprint density at radius 3 is 2.39 bits per heavy atom. The lowest BCUT2D eigenvalue weighted by Gasteiger charge is -2.14. The number of carbonyl (C=O) groups excluding carboxylic acids is 2. The molecular weight excluding hydrogens is 376 g/mol. The SMILES string of the molecule is COc1ccc(NC(=O)c2cccc(Cl)c2)cc1NC(=O)c1ccccc1C. The molecule has 5 nitrogen and oxygen atoms in total. The zero-order valence-electron chi connectivity index (χ0n) is 15.5. The molecular formula is C22H19ClN2O3. The van der Waals surface area contributed by atoms with Crippen molar-refractivity contribution in [1.29, 1.82) is 0 Å². The number of benzene rings is 3. The third-order valence-corrected chi connectivity index (χ3v) is 4.42. The van der Waals surface area contributed by atoms with Crippen molar-refractivity contribution in [3.8, 4) is 5.75 Å². The van der Waals surface area contributed by atoms with Gasteiger partial charge in [-0.15, -0.1) is 0 Å². The smallest absolute Gasteiger partial charge is 0.256 e. The molecule has 3 rings (SSSR count). The molecule has 6 heteroatoms. The van der Waals surface area contributed by atoms with Crippen molar-refractivity contribution in [3.05, 3.63) is 88.4 Å². The second-order valence-electron chi connectivity index (χ2n) is 6.15. The first kappa shape index (κ1) is 19.5. The van der Waals surface area contributed by atoms with Crippen molar-refractivity contribution in [1.82, 2.24) is 0 Å². The molecule has 2 N–H and O–H groups in total. The number of aryl methyl sites for hydroxylation is 1. The van der Waals surface area contributed by atoms with Crippen molar-refractivity contribution < 1.29 is 14.3 Å². The summed E-state index contributed by atoms with van der Waals surface area (Å²) < 4.78 is 5.33. The highest BCUT2D eigenvalue weighted by atomic mass is 35.5. The molecule has 0 bridgehead atoms. The quantitative estimate of drug-likeness (QED) is 0.628. The number of carbonyl (C=O) groups is 2. The van der Waals surface area contributed by atoms with Gasteiger partial charge in [0.2, 0.25) is 0 Å². The molecule has 0 spiro atoms. The Kier molecular flexibility index (Phi) is 5.96. The molecule has 2 amide bonds. The number of hydrogen-bond donors (Lipinski definition) is 2. The van der Waals surface area contributed by atoms with E-state index in [0.717, 1.165) is 5.56 Å². The molecule has 0 aliphatic carbocycles. The molecule has 0 fully saturated rings. The van der Waals surface area contributed by atoms with Gasteiger partial charge in [-0.05, 0) is 55.0 Å². The third-order valence-electron chi connectivity index (χ3n) is 4.18. The second kappa shape index (κ2) is 8.59. The molecule has 0 unspecified atom stereocenters. The first-order chi connectivity index (χ1) is 13.5. The van der Waals surface area contributed by atoms with E-state index in [0.29, 0.717) is 33.3 Å². The van der Waals surface area contributed by atoms with E-state index in [-0.39, 0.29) is 11.8 Å². The molecule has 0 saturated carbocycles. The average Bonchev–Trinajstić information content (AvgIpc) is 2.68. The van der Waals surface area contributed by atoms with Crippen LogP contribution >= 0.6 is 11.6 Å². The average molecular weight is 395 g/mol. The summed E-state index contributed by atoms with van der Waals surface area (Å²) in [4.78, 5) is 25.1. The molecule has 0 radical (unpaired) electrons. The number of amides is 2. The van der Waals surface area contributed by atoms with Gasteiger partial charge in [0.05, 0.1) is 12.8 Å². The minimum atomic E-state index is -0.302. The number of methoxy groups -OCH3 is 1. The Balaban J connectivity index is 1.83. The van der Waals surface area contributed by atoms with E-state index < -0.39 is 0 Å². The summed E-state index contributed by atoms with van der Waals surface area (Å²) in [6.45, 7) is 1.87. The fourth-order valence-electron chi connectivity index (χ4n) is 2.73. The van der Waals surface area contributed by atoms with Crippen LogP contribution in [0.3, 0.4) is 0 Å². The predicted molar refractivity (Wildman–Crippen MR) is 112 cm³/mol. The van der Waals surface area contributed by atoms with Gasteiger partial charge in [0.15, 0.2) is 0 Å². The highest BCUT2D eigenvalue weighted by Crippen LogP contribution is 2.29. The van der Waals surface area contributed by atoms with Crippen LogP contribution in [-0.4, -0.2) is 18.9 Å². The largest absolute Gasteiger partial charge is 0.495 e. The number of rotatable bonds is 5. The predicted octanol–water partition coefficient (Wildman–Crippen LogP) is 5.16. The summed E-state index contributed by atoms with van der Waals surface area (Å²) in [7, 11) is 1.52. The minimum absolute atomic E-state index is 0.255. The Labute approximate surface area is 168 Å². The van der Waals surface area contributed by atoms with Crippen molar-refractivity contribution in [2.24, 2.45) is 0 Å². The number of hydrogen-bond acceptors (Lipinski definition) is 3. The highest BCUT2D eigenvalue weighted by molar-refractivity contribution is 6.31. The summed E-state index contributed by atoms with van der Waals surface area (Å²) in [6, 6.07) is 19.0. The molecule has 3 aromatic rings. The monoisotopic (exact) mass is 394 g/mol. The molecule has 142 valence electrons. The second-order valence-corrected chi connectivity index (χ2v) is 6.59. The summed E-state index contributed by atoms with van der Waals surface area (Å²) in [5, 5.41) is 6.12. The van der Waals surface area contributed by atoms with Crippen LogP contribution in [0.15, 0.2) is 66.7 Å². The lowest BCUT2D eigenvalue weighted by atomic mass is 10.1. The first-order valence-corrected chi connectivity index (χ1v) is 8.97. The minimum Gasteiger partial charge on any atom is -0.495 e. The third kappa shape index (κ3) is 4.50. The number of anilines is 2. The molecule has 0 aliphatic heterocycles. The first-order valence-electron chi connectivity index (χ1n) is 8.60. The molecule has 28 heavy (non-hydrogen) atoms. The maximum Gasteiger partial charge on any atom is 0.256 e. The van der Waals surface area contributed by atoms with Gasteiger partial charge in [-0.3, -0.25) is 9.59 Å². The molecule has 0 aliphatic rings.